The highest BCUT2D eigenvalue weighted by atomic mass is 16.5. The van der Waals surface area contributed by atoms with E-state index in [4.69, 9.17) is 10.5 Å². The van der Waals surface area contributed by atoms with Gasteiger partial charge in [0.25, 0.3) is 0 Å². The first-order chi connectivity index (χ1) is 20.8. The first-order valence-corrected chi connectivity index (χ1v) is 15.0. The predicted molar refractivity (Wildman–Crippen MR) is 168 cm³/mol. The number of benzene rings is 3. The standard InChI is InChI=1S/C35H42N4O4/c1-24(2)19-32(34(41)33(40)31(36)21-29-22-37-23-38-29)39-35(42)28(16-18-43-17-15-25-9-4-3-5-10-25)20-27-13-8-12-26-11-6-7-14-30(26)27/h3-14,22-24,28,31-32H,15-21,36H2,1-2H3,(H,37,38)(H,39,42)/t28?,31-,32-/m0/s1. The number of rotatable bonds is 17. The number of aromatic nitrogens is 2. The van der Waals surface area contributed by atoms with Gasteiger partial charge in [-0.2, -0.15) is 0 Å². The third-order valence-electron chi connectivity index (χ3n) is 7.62. The number of hydrogen-bond acceptors (Lipinski definition) is 6. The Hall–Kier alpha value is -4.14. The molecule has 1 amide bonds. The summed E-state index contributed by atoms with van der Waals surface area (Å²) in [5, 5.41) is 5.12. The number of hydrogen-bond donors (Lipinski definition) is 3. The van der Waals surface area contributed by atoms with Gasteiger partial charge in [0, 0.05) is 30.8 Å². The molecule has 0 aliphatic heterocycles. The van der Waals surface area contributed by atoms with E-state index in [0.717, 1.165) is 22.8 Å². The molecule has 0 aliphatic carbocycles. The highest BCUT2D eigenvalue weighted by Gasteiger charge is 2.33. The van der Waals surface area contributed by atoms with Gasteiger partial charge in [-0.05, 0) is 53.5 Å². The zero-order chi connectivity index (χ0) is 30.6. The Kier molecular flexibility index (Phi) is 11.8. The molecule has 8 heteroatoms. The van der Waals surface area contributed by atoms with Gasteiger partial charge in [0.1, 0.15) is 0 Å². The van der Waals surface area contributed by atoms with Crippen LogP contribution in [0.1, 0.15) is 43.5 Å². The van der Waals surface area contributed by atoms with Crippen LogP contribution in [0.15, 0.2) is 85.3 Å². The van der Waals surface area contributed by atoms with Crippen molar-refractivity contribution in [2.24, 2.45) is 17.6 Å². The van der Waals surface area contributed by atoms with Crippen LogP contribution in [-0.4, -0.2) is 52.7 Å². The molecule has 43 heavy (non-hydrogen) atoms. The summed E-state index contributed by atoms with van der Waals surface area (Å²) in [4.78, 5) is 47.1. The van der Waals surface area contributed by atoms with E-state index in [0.29, 0.717) is 38.2 Å². The number of nitrogens with one attached hydrogen (secondary N) is 2. The minimum atomic E-state index is -1.02. The molecule has 0 spiro atoms. The molecule has 1 unspecified atom stereocenters. The number of H-pyrrole nitrogens is 1. The average Bonchev–Trinajstić information content (AvgIpc) is 3.52. The number of aromatic amines is 1. The van der Waals surface area contributed by atoms with E-state index in [-0.39, 0.29) is 18.2 Å². The van der Waals surface area contributed by atoms with Gasteiger partial charge in [-0.15, -0.1) is 0 Å². The lowest BCUT2D eigenvalue weighted by atomic mass is 9.90. The molecule has 3 atom stereocenters. The fourth-order valence-corrected chi connectivity index (χ4v) is 5.30. The molecule has 226 valence electrons. The summed E-state index contributed by atoms with van der Waals surface area (Å²) < 4.78 is 5.95. The molecule has 4 aromatic rings. The molecule has 1 heterocycles. The Morgan fingerprint density at radius 3 is 2.40 bits per heavy atom. The minimum absolute atomic E-state index is 0.0729. The van der Waals surface area contributed by atoms with Crippen molar-refractivity contribution in [2.75, 3.05) is 13.2 Å². The van der Waals surface area contributed by atoms with Gasteiger partial charge in [0.2, 0.25) is 17.5 Å². The summed E-state index contributed by atoms with van der Waals surface area (Å²) in [5.74, 6) is -2.02. The van der Waals surface area contributed by atoms with Gasteiger partial charge in [-0.3, -0.25) is 14.4 Å². The van der Waals surface area contributed by atoms with Gasteiger partial charge < -0.3 is 20.8 Å². The Morgan fingerprint density at radius 2 is 1.65 bits per heavy atom. The molecular weight excluding hydrogens is 540 g/mol. The van der Waals surface area contributed by atoms with Crippen LogP contribution >= 0.6 is 0 Å². The van der Waals surface area contributed by atoms with E-state index in [1.807, 2.05) is 56.3 Å². The van der Waals surface area contributed by atoms with Crippen LogP contribution in [0.25, 0.3) is 10.8 Å². The average molecular weight is 583 g/mol. The topological polar surface area (TPSA) is 127 Å². The maximum atomic E-state index is 13.8. The predicted octanol–water partition coefficient (Wildman–Crippen LogP) is 4.61. The number of ether oxygens (including phenoxy) is 1. The zero-order valence-corrected chi connectivity index (χ0v) is 25.0. The number of fused-ring (bicyclic) bond motifs is 1. The number of nitrogens with two attached hydrogens (primary N) is 1. The van der Waals surface area contributed by atoms with Crippen LogP contribution < -0.4 is 11.1 Å². The van der Waals surface area contributed by atoms with Crippen molar-refractivity contribution in [3.05, 3.63) is 102 Å². The molecule has 0 fully saturated rings. The van der Waals surface area contributed by atoms with Crippen molar-refractivity contribution in [1.82, 2.24) is 15.3 Å². The minimum Gasteiger partial charge on any atom is -0.381 e. The number of ketones is 2. The molecule has 0 radical (unpaired) electrons. The van der Waals surface area contributed by atoms with Crippen molar-refractivity contribution in [3.63, 3.8) is 0 Å². The Balaban J connectivity index is 1.46. The van der Waals surface area contributed by atoms with Crippen molar-refractivity contribution in [2.45, 2.75) is 58.0 Å². The maximum absolute atomic E-state index is 13.8. The van der Waals surface area contributed by atoms with Crippen molar-refractivity contribution < 1.29 is 19.1 Å². The van der Waals surface area contributed by atoms with Crippen LogP contribution in [0.3, 0.4) is 0 Å². The Morgan fingerprint density at radius 1 is 0.907 bits per heavy atom. The van der Waals surface area contributed by atoms with Gasteiger partial charge in [0.05, 0.1) is 25.0 Å². The molecule has 0 aliphatic rings. The third kappa shape index (κ3) is 9.43. The Labute approximate surface area is 253 Å². The molecule has 3 aromatic carbocycles. The highest BCUT2D eigenvalue weighted by Crippen LogP contribution is 2.23. The van der Waals surface area contributed by atoms with Crippen LogP contribution in [-0.2, 0) is 38.4 Å². The van der Waals surface area contributed by atoms with E-state index < -0.39 is 29.6 Å². The summed E-state index contributed by atoms with van der Waals surface area (Å²) in [6, 6.07) is 22.3. The van der Waals surface area contributed by atoms with Gasteiger partial charge in [0.15, 0.2) is 0 Å². The fourth-order valence-electron chi connectivity index (χ4n) is 5.30. The summed E-state index contributed by atoms with van der Waals surface area (Å²) in [7, 11) is 0. The lowest BCUT2D eigenvalue weighted by molar-refractivity contribution is -0.140. The maximum Gasteiger partial charge on any atom is 0.224 e. The molecule has 1 aromatic heterocycles. The van der Waals surface area contributed by atoms with Crippen molar-refractivity contribution in [1.29, 1.82) is 0 Å². The number of Topliss-reactive ketones (excluding diaryl/α,β-unsaturated/α-hetero) is 2. The normalized spacial score (nSPS) is 13.5. The summed E-state index contributed by atoms with van der Waals surface area (Å²) in [6.45, 7) is 4.85. The van der Waals surface area contributed by atoms with E-state index in [2.05, 4.69) is 45.6 Å². The second-order valence-corrected chi connectivity index (χ2v) is 11.5. The summed E-state index contributed by atoms with van der Waals surface area (Å²) >= 11 is 0. The largest absolute Gasteiger partial charge is 0.381 e. The number of carbonyl (C=O) groups is 3. The molecule has 4 rings (SSSR count). The monoisotopic (exact) mass is 582 g/mol. The van der Waals surface area contributed by atoms with Crippen LogP contribution in [0.4, 0.5) is 0 Å². The second-order valence-electron chi connectivity index (χ2n) is 11.5. The van der Waals surface area contributed by atoms with Gasteiger partial charge >= 0.3 is 0 Å². The zero-order valence-electron chi connectivity index (χ0n) is 25.0. The molecule has 4 N–H and O–H groups in total. The summed E-state index contributed by atoms with van der Waals surface area (Å²) in [6.07, 6.45) is 5.30. The lowest BCUT2D eigenvalue weighted by Gasteiger charge is -2.24. The molecular formula is C35H42N4O4. The van der Waals surface area contributed by atoms with Crippen LogP contribution in [0.2, 0.25) is 0 Å². The van der Waals surface area contributed by atoms with E-state index >= 15 is 0 Å². The van der Waals surface area contributed by atoms with Crippen molar-refractivity contribution in [3.8, 4) is 0 Å². The number of amides is 1. The number of imidazole rings is 1. The van der Waals surface area contributed by atoms with Crippen LogP contribution in [0, 0.1) is 11.8 Å². The van der Waals surface area contributed by atoms with Gasteiger partial charge in [-0.1, -0.05) is 86.6 Å². The Bertz CT molecular complexity index is 1460. The summed E-state index contributed by atoms with van der Waals surface area (Å²) in [5.41, 5.74) is 9.02. The SMILES string of the molecule is CC(C)C[C@H](NC(=O)C(CCOCCc1ccccc1)Cc1cccc2ccccc12)C(=O)C(=O)[C@@H](N)Cc1cnc[nH]1. The van der Waals surface area contributed by atoms with E-state index in [1.54, 1.807) is 6.20 Å². The smallest absolute Gasteiger partial charge is 0.224 e. The third-order valence-corrected chi connectivity index (χ3v) is 7.62. The van der Waals surface area contributed by atoms with Gasteiger partial charge in [-0.25, -0.2) is 4.98 Å². The lowest BCUT2D eigenvalue weighted by Crippen LogP contribution is -2.51. The van der Waals surface area contributed by atoms with Crippen LogP contribution in [0.5, 0.6) is 0 Å². The molecule has 0 saturated carbocycles. The fraction of sp³-hybridized carbons (Fsp3) is 0.371. The molecule has 0 bridgehead atoms. The number of carbonyl (C=O) groups excluding carboxylic acids is 3. The highest BCUT2D eigenvalue weighted by molar-refractivity contribution is 6.41. The van der Waals surface area contributed by atoms with Crippen molar-refractivity contribution >= 4 is 28.2 Å². The second kappa shape index (κ2) is 15.9. The molecule has 8 nitrogen and oxygen atoms in total. The molecule has 0 saturated heterocycles. The number of nitrogens with zero attached hydrogens (tertiary/aromatic N) is 1. The van der Waals surface area contributed by atoms with E-state index in [1.165, 1.54) is 11.9 Å². The quantitative estimate of drug-likeness (QED) is 0.123. The van der Waals surface area contributed by atoms with E-state index in [9.17, 15) is 14.4 Å². The first kappa shape index (κ1) is 31.8. The first-order valence-electron chi connectivity index (χ1n) is 15.0.